The monoisotopic (exact) mass is 302 g/mol. The maximum atomic E-state index is 12.2. The molecule has 0 atom stereocenters. The molecule has 1 amide bonds. The summed E-state index contributed by atoms with van der Waals surface area (Å²) in [7, 11) is -2.27. The zero-order valence-electron chi connectivity index (χ0n) is 10.5. The van der Waals surface area contributed by atoms with Crippen molar-refractivity contribution in [3.05, 3.63) is 29.3 Å². The fourth-order valence-corrected chi connectivity index (χ4v) is 2.83. The van der Waals surface area contributed by atoms with Gasteiger partial charge in [0.2, 0.25) is 15.9 Å². The Morgan fingerprint density at radius 1 is 1.37 bits per heavy atom. The normalized spacial score (nSPS) is 15.5. The number of sulfonamides is 1. The van der Waals surface area contributed by atoms with Crippen LogP contribution in [0.15, 0.2) is 29.2 Å². The molecule has 0 radical (unpaired) electrons. The Morgan fingerprint density at radius 2 is 1.95 bits per heavy atom. The minimum absolute atomic E-state index is 0.124. The molecular weight excluding hydrogens is 288 g/mol. The summed E-state index contributed by atoms with van der Waals surface area (Å²) >= 11 is 5.72. The lowest BCUT2D eigenvalue weighted by Gasteiger charge is -2.16. The van der Waals surface area contributed by atoms with Crippen molar-refractivity contribution in [2.24, 2.45) is 0 Å². The van der Waals surface area contributed by atoms with E-state index in [1.165, 1.54) is 31.3 Å². The number of nitrogens with one attached hydrogen (secondary N) is 1. The molecule has 1 fully saturated rings. The summed E-state index contributed by atoms with van der Waals surface area (Å²) in [4.78, 5) is 11.7. The van der Waals surface area contributed by atoms with Crippen LogP contribution in [-0.4, -0.2) is 38.3 Å². The van der Waals surface area contributed by atoms with Crippen molar-refractivity contribution in [2.45, 2.75) is 23.8 Å². The highest BCUT2D eigenvalue weighted by molar-refractivity contribution is 7.89. The number of benzene rings is 1. The largest absolute Gasteiger partial charge is 0.352 e. The molecule has 0 bridgehead atoms. The number of halogens is 1. The molecule has 1 saturated carbocycles. The molecule has 1 aromatic carbocycles. The number of hydrogen-bond donors (Lipinski definition) is 1. The summed E-state index contributed by atoms with van der Waals surface area (Å²) in [5.41, 5.74) is 0. The van der Waals surface area contributed by atoms with Gasteiger partial charge in [0.25, 0.3) is 0 Å². The third-order valence-electron chi connectivity index (χ3n) is 2.83. The van der Waals surface area contributed by atoms with Crippen molar-refractivity contribution < 1.29 is 13.2 Å². The Morgan fingerprint density at radius 3 is 2.47 bits per heavy atom. The molecule has 104 valence electrons. The number of carbonyl (C=O) groups excluding carboxylic acids is 1. The zero-order chi connectivity index (χ0) is 14.0. The molecule has 2 rings (SSSR count). The van der Waals surface area contributed by atoms with E-state index in [-0.39, 0.29) is 23.4 Å². The smallest absolute Gasteiger partial charge is 0.243 e. The molecule has 1 aromatic rings. The topological polar surface area (TPSA) is 66.5 Å². The van der Waals surface area contributed by atoms with Gasteiger partial charge in [-0.3, -0.25) is 4.79 Å². The van der Waals surface area contributed by atoms with Gasteiger partial charge in [0.05, 0.1) is 11.4 Å². The number of rotatable bonds is 5. The molecule has 1 aliphatic rings. The van der Waals surface area contributed by atoms with Gasteiger partial charge in [0.15, 0.2) is 0 Å². The molecule has 19 heavy (non-hydrogen) atoms. The highest BCUT2D eigenvalue weighted by atomic mass is 35.5. The van der Waals surface area contributed by atoms with E-state index < -0.39 is 10.0 Å². The average Bonchev–Trinajstić information content (AvgIpc) is 3.13. The number of amides is 1. The van der Waals surface area contributed by atoms with E-state index in [2.05, 4.69) is 5.32 Å². The molecule has 0 spiro atoms. The second-order valence-corrected chi connectivity index (χ2v) is 7.04. The first kappa shape index (κ1) is 14.3. The Balaban J connectivity index is 2.05. The highest BCUT2D eigenvalue weighted by Crippen LogP contribution is 2.19. The van der Waals surface area contributed by atoms with Gasteiger partial charge in [0.1, 0.15) is 0 Å². The maximum absolute atomic E-state index is 12.2. The van der Waals surface area contributed by atoms with Crippen LogP contribution in [0.3, 0.4) is 0 Å². The first-order chi connectivity index (χ1) is 8.89. The van der Waals surface area contributed by atoms with Crippen LogP contribution in [0.5, 0.6) is 0 Å². The highest BCUT2D eigenvalue weighted by Gasteiger charge is 2.27. The molecule has 0 aliphatic heterocycles. The lowest BCUT2D eigenvalue weighted by molar-refractivity contribution is -0.121. The first-order valence-electron chi connectivity index (χ1n) is 5.91. The molecular formula is C12H15ClN2O3S. The molecule has 0 unspecified atom stereocenters. The standard InChI is InChI=1S/C12H15ClN2O3S/c1-15(8-12(16)14-10-4-5-10)19(17,18)11-6-2-9(13)3-7-11/h2-3,6-7,10H,4-5,8H2,1H3,(H,14,16). The van der Waals surface area contributed by atoms with Crippen LogP contribution < -0.4 is 5.32 Å². The van der Waals surface area contributed by atoms with Crippen LogP contribution in [0.25, 0.3) is 0 Å². The molecule has 7 heteroatoms. The fourth-order valence-electron chi connectivity index (χ4n) is 1.57. The number of hydrogen-bond acceptors (Lipinski definition) is 3. The second kappa shape index (κ2) is 5.48. The molecule has 0 aromatic heterocycles. The number of carbonyl (C=O) groups is 1. The van der Waals surface area contributed by atoms with Gasteiger partial charge >= 0.3 is 0 Å². The Kier molecular flexibility index (Phi) is 4.13. The molecule has 0 heterocycles. The van der Waals surface area contributed by atoms with E-state index in [0.29, 0.717) is 5.02 Å². The van der Waals surface area contributed by atoms with Gasteiger partial charge in [0, 0.05) is 18.1 Å². The van der Waals surface area contributed by atoms with E-state index in [4.69, 9.17) is 11.6 Å². The number of nitrogens with zero attached hydrogens (tertiary/aromatic N) is 1. The summed E-state index contributed by atoms with van der Waals surface area (Å²) in [5.74, 6) is -0.275. The quantitative estimate of drug-likeness (QED) is 0.890. The number of likely N-dealkylation sites (N-methyl/N-ethyl adjacent to an activating group) is 1. The van der Waals surface area contributed by atoms with E-state index >= 15 is 0 Å². The molecule has 5 nitrogen and oxygen atoms in total. The average molecular weight is 303 g/mol. The van der Waals surface area contributed by atoms with Crippen LogP contribution >= 0.6 is 11.6 Å². The summed E-state index contributed by atoms with van der Waals surface area (Å²) in [6, 6.07) is 6.08. The molecule has 1 N–H and O–H groups in total. The van der Waals surface area contributed by atoms with E-state index in [0.717, 1.165) is 17.1 Å². The predicted molar refractivity (Wildman–Crippen MR) is 72.4 cm³/mol. The molecule has 0 saturated heterocycles. The summed E-state index contributed by atoms with van der Waals surface area (Å²) in [5, 5.41) is 3.22. The second-order valence-electron chi connectivity index (χ2n) is 4.56. The van der Waals surface area contributed by atoms with Crippen LogP contribution in [0, 0.1) is 0 Å². The van der Waals surface area contributed by atoms with E-state index in [1.807, 2.05) is 0 Å². The minimum atomic E-state index is -3.65. The summed E-state index contributed by atoms with van der Waals surface area (Å²) in [6.45, 7) is -0.179. The van der Waals surface area contributed by atoms with Gasteiger partial charge in [-0.15, -0.1) is 0 Å². The Labute approximate surface area is 117 Å². The van der Waals surface area contributed by atoms with Crippen LogP contribution in [-0.2, 0) is 14.8 Å². The van der Waals surface area contributed by atoms with Gasteiger partial charge in [-0.05, 0) is 37.1 Å². The van der Waals surface area contributed by atoms with Gasteiger partial charge < -0.3 is 5.32 Å². The van der Waals surface area contributed by atoms with Crippen molar-refractivity contribution >= 4 is 27.5 Å². The van der Waals surface area contributed by atoms with Crippen molar-refractivity contribution in [1.82, 2.24) is 9.62 Å². The van der Waals surface area contributed by atoms with Gasteiger partial charge in [-0.1, -0.05) is 11.6 Å². The van der Waals surface area contributed by atoms with E-state index in [1.54, 1.807) is 0 Å². The Hall–Kier alpha value is -1.11. The van der Waals surface area contributed by atoms with Crippen molar-refractivity contribution in [3.63, 3.8) is 0 Å². The minimum Gasteiger partial charge on any atom is -0.352 e. The van der Waals surface area contributed by atoms with Crippen molar-refractivity contribution in [3.8, 4) is 0 Å². The van der Waals surface area contributed by atoms with Crippen LogP contribution in [0.4, 0.5) is 0 Å². The zero-order valence-corrected chi connectivity index (χ0v) is 12.0. The van der Waals surface area contributed by atoms with Crippen molar-refractivity contribution in [2.75, 3.05) is 13.6 Å². The Bertz CT molecular complexity index is 567. The SMILES string of the molecule is CN(CC(=O)NC1CC1)S(=O)(=O)c1ccc(Cl)cc1. The molecule has 1 aliphatic carbocycles. The fraction of sp³-hybridized carbons (Fsp3) is 0.417. The lowest BCUT2D eigenvalue weighted by atomic mass is 10.4. The predicted octanol–water partition coefficient (Wildman–Crippen LogP) is 1.24. The third-order valence-corrected chi connectivity index (χ3v) is 4.90. The first-order valence-corrected chi connectivity index (χ1v) is 7.72. The lowest BCUT2D eigenvalue weighted by Crippen LogP contribution is -2.39. The summed E-state index contributed by atoms with van der Waals surface area (Å²) < 4.78 is 25.4. The van der Waals surface area contributed by atoms with Gasteiger partial charge in [-0.25, -0.2) is 8.42 Å². The summed E-state index contributed by atoms with van der Waals surface area (Å²) in [6.07, 6.45) is 1.94. The van der Waals surface area contributed by atoms with Gasteiger partial charge in [-0.2, -0.15) is 4.31 Å². The van der Waals surface area contributed by atoms with Crippen LogP contribution in [0.2, 0.25) is 5.02 Å². The maximum Gasteiger partial charge on any atom is 0.243 e. The van der Waals surface area contributed by atoms with Crippen molar-refractivity contribution in [1.29, 1.82) is 0 Å². The third kappa shape index (κ3) is 3.68. The van der Waals surface area contributed by atoms with Crippen LogP contribution in [0.1, 0.15) is 12.8 Å². The van der Waals surface area contributed by atoms with E-state index in [9.17, 15) is 13.2 Å².